The molecule has 3 heteroatoms. The molecule has 0 atom stereocenters. The summed E-state index contributed by atoms with van der Waals surface area (Å²) in [5, 5.41) is 12.5. The molecule has 0 aliphatic carbocycles. The minimum atomic E-state index is -0.0244. The first-order valence-corrected chi connectivity index (χ1v) is 6.35. The van der Waals surface area contributed by atoms with E-state index < -0.39 is 0 Å². The summed E-state index contributed by atoms with van der Waals surface area (Å²) in [7, 11) is 1.91. The van der Waals surface area contributed by atoms with E-state index in [0.717, 1.165) is 23.4 Å². The van der Waals surface area contributed by atoms with Crippen LogP contribution in [0.3, 0.4) is 0 Å². The zero-order valence-corrected chi connectivity index (χ0v) is 11.3. The predicted molar refractivity (Wildman–Crippen MR) is 76.4 cm³/mol. The second-order valence-electron chi connectivity index (χ2n) is 4.51. The third kappa shape index (κ3) is 3.34. The number of hydrogen-bond donors (Lipinski definition) is 2. The maximum absolute atomic E-state index is 9.32. The van der Waals surface area contributed by atoms with Gasteiger partial charge in [0.1, 0.15) is 11.5 Å². The third-order valence-electron chi connectivity index (χ3n) is 2.95. The number of ether oxygens (including phenoxy) is 1. The van der Waals surface area contributed by atoms with Gasteiger partial charge in [0.25, 0.3) is 0 Å². The second kappa shape index (κ2) is 6.36. The lowest BCUT2D eigenvalue weighted by Crippen LogP contribution is -2.07. The molecule has 0 aliphatic rings. The summed E-state index contributed by atoms with van der Waals surface area (Å²) >= 11 is 0. The second-order valence-corrected chi connectivity index (χ2v) is 4.51. The van der Waals surface area contributed by atoms with Crippen molar-refractivity contribution >= 4 is 0 Å². The van der Waals surface area contributed by atoms with Crippen LogP contribution in [0.15, 0.2) is 42.5 Å². The molecule has 0 saturated carbocycles. The molecule has 2 aromatic rings. The normalized spacial score (nSPS) is 10.5. The number of aliphatic hydroxyl groups excluding tert-OH is 1. The van der Waals surface area contributed by atoms with Gasteiger partial charge in [-0.25, -0.2) is 0 Å². The van der Waals surface area contributed by atoms with Crippen LogP contribution >= 0.6 is 0 Å². The Bertz CT molecular complexity index is 552. The maximum Gasteiger partial charge on any atom is 0.132 e. The van der Waals surface area contributed by atoms with Gasteiger partial charge in [-0.05, 0) is 26.1 Å². The minimum Gasteiger partial charge on any atom is -0.457 e. The molecule has 2 aromatic carbocycles. The quantitative estimate of drug-likeness (QED) is 0.865. The van der Waals surface area contributed by atoms with E-state index in [-0.39, 0.29) is 6.61 Å². The highest BCUT2D eigenvalue weighted by Crippen LogP contribution is 2.28. The average Bonchev–Trinajstić information content (AvgIpc) is 2.43. The molecule has 3 nitrogen and oxygen atoms in total. The summed E-state index contributed by atoms with van der Waals surface area (Å²) in [5.41, 5.74) is 3.10. The molecule has 0 saturated heterocycles. The molecule has 0 fully saturated rings. The highest BCUT2D eigenvalue weighted by atomic mass is 16.5. The van der Waals surface area contributed by atoms with Crippen molar-refractivity contribution in [2.45, 2.75) is 20.1 Å². The smallest absolute Gasteiger partial charge is 0.132 e. The van der Waals surface area contributed by atoms with E-state index in [9.17, 15) is 5.11 Å². The van der Waals surface area contributed by atoms with Gasteiger partial charge in [0.05, 0.1) is 6.61 Å². The Morgan fingerprint density at radius 1 is 1.05 bits per heavy atom. The molecule has 100 valence electrons. The van der Waals surface area contributed by atoms with Crippen molar-refractivity contribution in [1.29, 1.82) is 0 Å². The van der Waals surface area contributed by atoms with Crippen molar-refractivity contribution < 1.29 is 9.84 Å². The first-order valence-electron chi connectivity index (χ1n) is 6.35. The number of benzene rings is 2. The topological polar surface area (TPSA) is 41.5 Å². The van der Waals surface area contributed by atoms with E-state index in [1.165, 1.54) is 5.56 Å². The summed E-state index contributed by atoms with van der Waals surface area (Å²) in [6.07, 6.45) is 0. The summed E-state index contributed by atoms with van der Waals surface area (Å²) in [6, 6.07) is 13.6. The van der Waals surface area contributed by atoms with Crippen LogP contribution in [0.1, 0.15) is 16.7 Å². The van der Waals surface area contributed by atoms with Crippen molar-refractivity contribution in [2.24, 2.45) is 0 Å². The Hall–Kier alpha value is -1.84. The highest BCUT2D eigenvalue weighted by Gasteiger charge is 2.07. The van der Waals surface area contributed by atoms with Crippen molar-refractivity contribution in [2.75, 3.05) is 7.05 Å². The SMILES string of the molecule is CNCc1cc(C)ccc1Oc1ccccc1CO. The minimum absolute atomic E-state index is 0.0244. The van der Waals surface area contributed by atoms with Crippen LogP contribution in [-0.4, -0.2) is 12.2 Å². The molecule has 0 unspecified atom stereocenters. The monoisotopic (exact) mass is 257 g/mol. The van der Waals surface area contributed by atoms with Crippen LogP contribution in [0.4, 0.5) is 0 Å². The van der Waals surface area contributed by atoms with Crippen LogP contribution in [0, 0.1) is 6.92 Å². The molecule has 0 radical (unpaired) electrons. The molecular weight excluding hydrogens is 238 g/mol. The van der Waals surface area contributed by atoms with E-state index in [1.54, 1.807) is 0 Å². The largest absolute Gasteiger partial charge is 0.457 e. The van der Waals surface area contributed by atoms with E-state index >= 15 is 0 Å². The first-order chi connectivity index (χ1) is 9.24. The Balaban J connectivity index is 2.32. The van der Waals surface area contributed by atoms with E-state index in [0.29, 0.717) is 5.75 Å². The van der Waals surface area contributed by atoms with Crippen LogP contribution in [0.25, 0.3) is 0 Å². The van der Waals surface area contributed by atoms with Crippen molar-refractivity contribution in [3.05, 3.63) is 59.2 Å². The fraction of sp³-hybridized carbons (Fsp3) is 0.250. The first kappa shape index (κ1) is 13.6. The number of nitrogens with one attached hydrogen (secondary N) is 1. The molecule has 0 bridgehead atoms. The van der Waals surface area contributed by atoms with Gasteiger partial charge in [0.2, 0.25) is 0 Å². The maximum atomic E-state index is 9.32. The van der Waals surface area contributed by atoms with Gasteiger partial charge in [-0.1, -0.05) is 35.9 Å². The fourth-order valence-electron chi connectivity index (χ4n) is 1.99. The summed E-state index contributed by atoms with van der Waals surface area (Å²) in [4.78, 5) is 0. The molecule has 2 rings (SSSR count). The van der Waals surface area contributed by atoms with Gasteiger partial charge >= 0.3 is 0 Å². The standard InChI is InChI=1S/C16H19NO2/c1-12-7-8-16(14(9-12)10-17-2)19-15-6-4-3-5-13(15)11-18/h3-9,17-18H,10-11H2,1-2H3. The third-order valence-corrected chi connectivity index (χ3v) is 2.95. The average molecular weight is 257 g/mol. The lowest BCUT2D eigenvalue weighted by Gasteiger charge is -2.14. The molecule has 2 N–H and O–H groups in total. The number of aliphatic hydroxyl groups is 1. The highest BCUT2D eigenvalue weighted by molar-refractivity contribution is 5.42. The van der Waals surface area contributed by atoms with Gasteiger partial charge in [-0.15, -0.1) is 0 Å². The number of hydrogen-bond acceptors (Lipinski definition) is 3. The number of aryl methyl sites for hydroxylation is 1. The lowest BCUT2D eigenvalue weighted by atomic mass is 10.1. The van der Waals surface area contributed by atoms with Gasteiger partial charge < -0.3 is 15.2 Å². The van der Waals surface area contributed by atoms with Crippen molar-refractivity contribution in [1.82, 2.24) is 5.32 Å². The lowest BCUT2D eigenvalue weighted by molar-refractivity contribution is 0.276. The molecule has 0 heterocycles. The summed E-state index contributed by atoms with van der Waals surface area (Å²) < 4.78 is 5.94. The zero-order valence-electron chi connectivity index (χ0n) is 11.3. The Morgan fingerprint density at radius 2 is 1.79 bits per heavy atom. The molecule has 19 heavy (non-hydrogen) atoms. The number of rotatable bonds is 5. The van der Waals surface area contributed by atoms with Crippen molar-refractivity contribution in [3.63, 3.8) is 0 Å². The van der Waals surface area contributed by atoms with E-state index in [1.807, 2.05) is 43.4 Å². The Labute approximate surface area is 113 Å². The van der Waals surface area contributed by atoms with Crippen LogP contribution in [-0.2, 0) is 13.2 Å². The van der Waals surface area contributed by atoms with Crippen LogP contribution < -0.4 is 10.1 Å². The van der Waals surface area contributed by atoms with Gasteiger partial charge in [0.15, 0.2) is 0 Å². The number of para-hydroxylation sites is 1. The fourth-order valence-corrected chi connectivity index (χ4v) is 1.99. The molecule has 0 aliphatic heterocycles. The summed E-state index contributed by atoms with van der Waals surface area (Å²) in [5.74, 6) is 1.52. The predicted octanol–water partition coefficient (Wildman–Crippen LogP) is 3.00. The van der Waals surface area contributed by atoms with E-state index in [2.05, 4.69) is 18.3 Å². The molecular formula is C16H19NO2. The molecule has 0 amide bonds. The van der Waals surface area contributed by atoms with Crippen molar-refractivity contribution in [3.8, 4) is 11.5 Å². The van der Waals surface area contributed by atoms with Crippen LogP contribution in [0.2, 0.25) is 0 Å². The Kier molecular flexibility index (Phi) is 4.55. The molecule has 0 aromatic heterocycles. The van der Waals surface area contributed by atoms with E-state index in [4.69, 9.17) is 4.74 Å². The zero-order chi connectivity index (χ0) is 13.7. The summed E-state index contributed by atoms with van der Waals surface area (Å²) in [6.45, 7) is 2.78. The molecule has 0 spiro atoms. The van der Waals surface area contributed by atoms with Gasteiger partial charge in [-0.2, -0.15) is 0 Å². The van der Waals surface area contributed by atoms with Crippen LogP contribution in [0.5, 0.6) is 11.5 Å². The van der Waals surface area contributed by atoms with Gasteiger partial charge in [-0.3, -0.25) is 0 Å². The van der Waals surface area contributed by atoms with Gasteiger partial charge in [0, 0.05) is 17.7 Å². The Morgan fingerprint density at radius 3 is 2.53 bits per heavy atom.